The first-order chi connectivity index (χ1) is 19.1. The van der Waals surface area contributed by atoms with Crippen LogP contribution < -0.4 is 16.0 Å². The molecule has 0 spiro atoms. The van der Waals surface area contributed by atoms with Crippen LogP contribution >= 0.6 is 0 Å². The summed E-state index contributed by atoms with van der Waals surface area (Å²) in [5, 5.41) is 10.9. The lowest BCUT2D eigenvalue weighted by molar-refractivity contribution is 0.795. The van der Waals surface area contributed by atoms with Gasteiger partial charge in [-0.25, -0.2) is 0 Å². The number of aryl methyl sites for hydroxylation is 3. The molecule has 0 aromatic heterocycles. The van der Waals surface area contributed by atoms with Gasteiger partial charge in [0.05, 0.1) is 0 Å². The fourth-order valence-electron chi connectivity index (χ4n) is 4.75. The molecule has 3 N–H and O–H groups in total. The Bertz CT molecular complexity index is 1090. The fraction of sp³-hybridized carbons (Fsp3) is 0.333. The van der Waals surface area contributed by atoms with Crippen LogP contribution in [0.3, 0.4) is 0 Å². The van der Waals surface area contributed by atoms with Crippen LogP contribution in [0.5, 0.6) is 0 Å². The molecule has 0 unspecified atom stereocenters. The topological polar surface area (TPSA) is 36.1 Å². The maximum atomic E-state index is 3.62. The van der Waals surface area contributed by atoms with Crippen molar-refractivity contribution in [1.29, 1.82) is 0 Å². The predicted octanol–water partition coefficient (Wildman–Crippen LogP) is 10.9. The summed E-state index contributed by atoms with van der Waals surface area (Å²) in [4.78, 5) is 0. The number of hydrogen-bond donors (Lipinski definition) is 3. The highest BCUT2D eigenvalue weighted by Crippen LogP contribution is 2.30. The Labute approximate surface area is 236 Å². The Morgan fingerprint density at radius 2 is 0.615 bits per heavy atom. The summed E-state index contributed by atoms with van der Waals surface area (Å²) in [6, 6.07) is 33.0. The Morgan fingerprint density at radius 3 is 0.846 bits per heavy atom. The predicted molar refractivity (Wildman–Crippen MR) is 171 cm³/mol. The highest BCUT2D eigenvalue weighted by molar-refractivity contribution is 5.76. The largest absolute Gasteiger partial charge is 0.355 e. The van der Waals surface area contributed by atoms with Crippen molar-refractivity contribution in [1.82, 2.24) is 0 Å². The second kappa shape index (κ2) is 15.0. The minimum absolute atomic E-state index is 1.04. The van der Waals surface area contributed by atoms with Crippen molar-refractivity contribution in [3.63, 3.8) is 0 Å². The minimum Gasteiger partial charge on any atom is -0.355 e. The molecule has 4 rings (SSSR count). The third-order valence-corrected chi connectivity index (χ3v) is 7.12. The number of unbranched alkanes of at least 4 members (excludes halogenated alkanes) is 3. The van der Waals surface area contributed by atoms with Gasteiger partial charge in [0.25, 0.3) is 0 Å². The Kier molecular flexibility index (Phi) is 10.9. The van der Waals surface area contributed by atoms with Gasteiger partial charge in [-0.1, -0.05) is 76.4 Å². The molecule has 3 heteroatoms. The lowest BCUT2D eigenvalue weighted by Crippen LogP contribution is -1.98. The van der Waals surface area contributed by atoms with Gasteiger partial charge in [-0.15, -0.1) is 0 Å². The molecular formula is C36H45N3. The van der Waals surface area contributed by atoms with E-state index in [2.05, 4.69) is 128 Å². The van der Waals surface area contributed by atoms with Crippen LogP contribution in [0.15, 0.2) is 91.0 Å². The van der Waals surface area contributed by atoms with E-state index in [0.717, 1.165) is 53.4 Å². The Balaban J connectivity index is 1.53. The Morgan fingerprint density at radius 1 is 0.359 bits per heavy atom. The molecule has 0 aliphatic heterocycles. The first-order valence-corrected chi connectivity index (χ1v) is 14.9. The zero-order valence-electron chi connectivity index (χ0n) is 24.0. The average molecular weight is 520 g/mol. The zero-order chi connectivity index (χ0) is 27.3. The summed E-state index contributed by atoms with van der Waals surface area (Å²) in [5.74, 6) is 0. The van der Waals surface area contributed by atoms with E-state index in [-0.39, 0.29) is 0 Å². The average Bonchev–Trinajstić information content (AvgIpc) is 2.96. The fourth-order valence-corrected chi connectivity index (χ4v) is 4.75. The molecule has 4 aromatic carbocycles. The molecule has 0 saturated heterocycles. The minimum atomic E-state index is 1.04. The van der Waals surface area contributed by atoms with E-state index < -0.39 is 0 Å². The molecule has 4 aromatic rings. The molecular weight excluding hydrogens is 474 g/mol. The lowest BCUT2D eigenvalue weighted by atomic mass is 10.1. The van der Waals surface area contributed by atoms with Crippen molar-refractivity contribution in [2.24, 2.45) is 0 Å². The van der Waals surface area contributed by atoms with E-state index in [1.165, 1.54) is 55.2 Å². The molecule has 0 saturated carbocycles. The summed E-state index contributed by atoms with van der Waals surface area (Å²) >= 11 is 0. The molecule has 39 heavy (non-hydrogen) atoms. The van der Waals surface area contributed by atoms with Gasteiger partial charge < -0.3 is 16.0 Å². The van der Waals surface area contributed by atoms with Gasteiger partial charge in [0.1, 0.15) is 0 Å². The monoisotopic (exact) mass is 519 g/mol. The number of hydrogen-bond acceptors (Lipinski definition) is 3. The van der Waals surface area contributed by atoms with Crippen LogP contribution in [0.25, 0.3) is 0 Å². The van der Waals surface area contributed by atoms with E-state index >= 15 is 0 Å². The van der Waals surface area contributed by atoms with Gasteiger partial charge in [0.2, 0.25) is 0 Å². The van der Waals surface area contributed by atoms with E-state index in [1.54, 1.807) is 0 Å². The summed E-state index contributed by atoms with van der Waals surface area (Å²) < 4.78 is 0. The quantitative estimate of drug-likeness (QED) is 0.146. The van der Waals surface area contributed by atoms with E-state index in [9.17, 15) is 0 Å². The van der Waals surface area contributed by atoms with E-state index in [4.69, 9.17) is 0 Å². The number of rotatable bonds is 15. The molecule has 0 aliphatic carbocycles. The second-order valence-electron chi connectivity index (χ2n) is 10.6. The first kappa shape index (κ1) is 28.3. The number of nitrogens with one attached hydrogen (secondary N) is 3. The highest BCUT2D eigenvalue weighted by Gasteiger charge is 2.05. The van der Waals surface area contributed by atoms with Crippen molar-refractivity contribution in [3.8, 4) is 0 Å². The summed E-state index contributed by atoms with van der Waals surface area (Å²) in [6.45, 7) is 6.72. The van der Waals surface area contributed by atoms with Crippen LogP contribution in [0, 0.1) is 0 Å². The summed E-state index contributed by atoms with van der Waals surface area (Å²) in [7, 11) is 0. The van der Waals surface area contributed by atoms with Gasteiger partial charge >= 0.3 is 0 Å². The molecule has 0 amide bonds. The van der Waals surface area contributed by atoms with Crippen LogP contribution in [-0.4, -0.2) is 0 Å². The van der Waals surface area contributed by atoms with Crippen LogP contribution in [0.2, 0.25) is 0 Å². The highest BCUT2D eigenvalue weighted by atomic mass is 14.9. The van der Waals surface area contributed by atoms with Gasteiger partial charge in [-0.2, -0.15) is 0 Å². The van der Waals surface area contributed by atoms with Crippen molar-refractivity contribution in [2.45, 2.75) is 78.6 Å². The molecule has 204 valence electrons. The van der Waals surface area contributed by atoms with Crippen LogP contribution in [0.1, 0.15) is 76.0 Å². The van der Waals surface area contributed by atoms with Crippen molar-refractivity contribution < 1.29 is 0 Å². The van der Waals surface area contributed by atoms with Crippen molar-refractivity contribution in [3.05, 3.63) is 108 Å². The normalized spacial score (nSPS) is 10.8. The van der Waals surface area contributed by atoms with Crippen LogP contribution in [0.4, 0.5) is 34.1 Å². The maximum Gasteiger partial charge on any atom is 0.0425 e. The third kappa shape index (κ3) is 9.21. The van der Waals surface area contributed by atoms with Gasteiger partial charge in [-0.3, -0.25) is 0 Å². The number of anilines is 6. The lowest BCUT2D eigenvalue weighted by Gasteiger charge is -2.15. The SMILES string of the molecule is CCCCc1ccc(Nc2cc(Nc3ccc(CCCC)cc3)cc(Nc3ccc(CCCC)cc3)c2)cc1. The smallest absolute Gasteiger partial charge is 0.0425 e. The molecule has 0 fully saturated rings. The van der Waals surface area contributed by atoms with Gasteiger partial charge in [0, 0.05) is 34.1 Å². The van der Waals surface area contributed by atoms with E-state index in [1.807, 2.05) is 0 Å². The molecule has 0 heterocycles. The molecule has 0 bridgehead atoms. The van der Waals surface area contributed by atoms with Crippen molar-refractivity contribution in [2.75, 3.05) is 16.0 Å². The van der Waals surface area contributed by atoms with Gasteiger partial charge in [0.15, 0.2) is 0 Å². The van der Waals surface area contributed by atoms with Crippen LogP contribution in [-0.2, 0) is 19.3 Å². The van der Waals surface area contributed by atoms with E-state index in [0.29, 0.717) is 0 Å². The summed E-state index contributed by atoms with van der Waals surface area (Å²) in [6.07, 6.45) is 10.8. The molecule has 0 atom stereocenters. The van der Waals surface area contributed by atoms with Crippen molar-refractivity contribution >= 4 is 34.1 Å². The third-order valence-electron chi connectivity index (χ3n) is 7.12. The Hall–Kier alpha value is -3.72. The maximum absolute atomic E-state index is 3.62. The molecule has 0 aliphatic rings. The molecule has 3 nitrogen and oxygen atoms in total. The molecule has 0 radical (unpaired) electrons. The first-order valence-electron chi connectivity index (χ1n) is 14.9. The van der Waals surface area contributed by atoms with Gasteiger partial charge in [-0.05, 0) is 110 Å². The standard InChI is InChI=1S/C36H45N3/c1-4-7-10-28-13-19-31(20-14-28)37-34-25-35(38-32-21-15-29(16-22-32)11-8-5-2)27-36(26-34)39-33-23-17-30(18-24-33)12-9-6-3/h13-27,37-39H,4-12H2,1-3H3. The zero-order valence-corrected chi connectivity index (χ0v) is 24.0. The summed E-state index contributed by atoms with van der Waals surface area (Å²) in [5.41, 5.74) is 10.6. The second-order valence-corrected chi connectivity index (χ2v) is 10.6. The number of benzene rings is 4.